The lowest BCUT2D eigenvalue weighted by Crippen LogP contribution is -2.60. The van der Waals surface area contributed by atoms with E-state index in [0.29, 0.717) is 12.5 Å². The first-order chi connectivity index (χ1) is 12.5. The van der Waals surface area contributed by atoms with Crippen molar-refractivity contribution in [2.45, 2.75) is 49.7 Å². The molecule has 1 aromatic rings. The van der Waals surface area contributed by atoms with Crippen LogP contribution < -0.4 is 5.32 Å². The molecule has 5 nitrogen and oxygen atoms in total. The first-order valence-corrected chi connectivity index (χ1v) is 9.67. The van der Waals surface area contributed by atoms with Crippen LogP contribution in [-0.4, -0.2) is 47.8 Å². The number of para-hydroxylation sites is 1. The van der Waals surface area contributed by atoms with Crippen molar-refractivity contribution in [2.24, 2.45) is 5.92 Å². The van der Waals surface area contributed by atoms with Crippen LogP contribution in [0.25, 0.3) is 0 Å². The van der Waals surface area contributed by atoms with Crippen molar-refractivity contribution in [3.63, 3.8) is 0 Å². The number of anilines is 1. The number of piperidine rings is 1. The molecule has 3 heterocycles. The van der Waals surface area contributed by atoms with Crippen molar-refractivity contribution < 1.29 is 14.6 Å². The number of nitrogens with one attached hydrogen (secondary N) is 1. The molecule has 5 heteroatoms. The Morgan fingerprint density at radius 1 is 1.42 bits per heavy atom. The lowest BCUT2D eigenvalue weighted by Gasteiger charge is -2.52. The summed E-state index contributed by atoms with van der Waals surface area (Å²) < 4.78 is 5.14. The Morgan fingerprint density at radius 2 is 2.23 bits per heavy atom. The average molecular weight is 354 g/mol. The van der Waals surface area contributed by atoms with Crippen LogP contribution in [-0.2, 0) is 14.9 Å². The highest BCUT2D eigenvalue weighted by molar-refractivity contribution is 5.93. The van der Waals surface area contributed by atoms with Crippen molar-refractivity contribution in [3.05, 3.63) is 41.1 Å². The van der Waals surface area contributed by atoms with E-state index in [9.17, 15) is 9.90 Å². The van der Waals surface area contributed by atoms with E-state index in [1.807, 2.05) is 6.07 Å². The minimum absolute atomic E-state index is 0.169. The number of carbonyl (C=O) groups is 1. The van der Waals surface area contributed by atoms with Gasteiger partial charge in [0.25, 0.3) is 0 Å². The topological polar surface area (TPSA) is 61.8 Å². The van der Waals surface area contributed by atoms with Gasteiger partial charge in [-0.1, -0.05) is 25.1 Å². The number of benzene rings is 1. The Balaban J connectivity index is 1.72. The lowest BCUT2D eigenvalue weighted by molar-refractivity contribution is -0.137. The Labute approximate surface area is 154 Å². The molecular weight excluding hydrogens is 328 g/mol. The Hall–Kier alpha value is -1.85. The molecule has 0 radical (unpaired) electrons. The van der Waals surface area contributed by atoms with Gasteiger partial charge >= 0.3 is 5.97 Å². The van der Waals surface area contributed by atoms with Gasteiger partial charge in [-0.05, 0) is 49.8 Å². The summed E-state index contributed by atoms with van der Waals surface area (Å²) in [5.41, 5.74) is 3.41. The third kappa shape index (κ3) is 1.90. The van der Waals surface area contributed by atoms with Gasteiger partial charge in [-0.3, -0.25) is 4.90 Å². The SMILES string of the molecule is CC[C@]1(O)C[C@@H]2CC(C(=O)OC)=C3Nc4ccccc4[C@]34CCN(C1)[C@H]24. The van der Waals surface area contributed by atoms with Crippen molar-refractivity contribution in [2.75, 3.05) is 25.5 Å². The number of fused-ring (bicyclic) bond motifs is 1. The fraction of sp³-hybridized carbons (Fsp3) is 0.571. The second-order valence-corrected chi connectivity index (χ2v) is 8.40. The lowest BCUT2D eigenvalue weighted by atomic mass is 9.60. The van der Waals surface area contributed by atoms with Gasteiger partial charge < -0.3 is 15.2 Å². The molecule has 5 rings (SSSR count). The number of methoxy groups -OCH3 is 1. The molecule has 4 aliphatic rings. The standard InChI is InChI=1S/C21H26N2O3/c1-3-20(25)11-13-10-14(19(24)26-2)17-21(8-9-23(12-20)18(13)21)15-6-4-5-7-16(15)22-17/h4-7,13,18,22,25H,3,8-12H2,1-2H3/t13-,18+,20-,21+/m0/s1. The van der Waals surface area contributed by atoms with Crippen LogP contribution in [0.1, 0.15) is 38.2 Å². The van der Waals surface area contributed by atoms with E-state index in [2.05, 4.69) is 35.3 Å². The smallest absolute Gasteiger partial charge is 0.335 e. The molecule has 26 heavy (non-hydrogen) atoms. The minimum atomic E-state index is -0.656. The molecule has 0 saturated carbocycles. The second kappa shape index (κ2) is 5.33. The number of hydrogen-bond acceptors (Lipinski definition) is 5. The Morgan fingerprint density at radius 3 is 3.00 bits per heavy atom. The van der Waals surface area contributed by atoms with Gasteiger partial charge in [-0.2, -0.15) is 0 Å². The van der Waals surface area contributed by atoms with E-state index in [0.717, 1.165) is 49.3 Å². The van der Waals surface area contributed by atoms with E-state index in [4.69, 9.17) is 4.74 Å². The summed E-state index contributed by atoms with van der Waals surface area (Å²) in [6.45, 7) is 3.75. The van der Waals surface area contributed by atoms with Crippen molar-refractivity contribution in [3.8, 4) is 0 Å². The molecule has 0 aromatic heterocycles. The molecule has 0 bridgehead atoms. The molecule has 3 aliphatic heterocycles. The molecule has 0 amide bonds. The average Bonchev–Trinajstić information content (AvgIpc) is 3.20. The summed E-state index contributed by atoms with van der Waals surface area (Å²) >= 11 is 0. The highest BCUT2D eigenvalue weighted by atomic mass is 16.5. The van der Waals surface area contributed by atoms with Gasteiger partial charge in [-0.25, -0.2) is 4.79 Å². The van der Waals surface area contributed by atoms with Crippen molar-refractivity contribution in [1.82, 2.24) is 4.90 Å². The highest BCUT2D eigenvalue weighted by Crippen LogP contribution is 2.61. The molecule has 1 spiro atoms. The molecule has 0 unspecified atom stereocenters. The second-order valence-electron chi connectivity index (χ2n) is 8.40. The quantitative estimate of drug-likeness (QED) is 0.799. The first kappa shape index (κ1) is 16.3. The number of ether oxygens (including phenoxy) is 1. The fourth-order valence-electron chi connectivity index (χ4n) is 6.23. The van der Waals surface area contributed by atoms with Crippen LogP contribution in [0.3, 0.4) is 0 Å². The van der Waals surface area contributed by atoms with Crippen LogP contribution in [0.2, 0.25) is 0 Å². The van der Waals surface area contributed by atoms with E-state index in [1.54, 1.807) is 0 Å². The summed E-state index contributed by atoms with van der Waals surface area (Å²) in [6, 6.07) is 8.78. The zero-order chi connectivity index (χ0) is 18.1. The Bertz CT molecular complexity index is 819. The largest absolute Gasteiger partial charge is 0.466 e. The molecule has 2 fully saturated rings. The molecule has 4 atom stereocenters. The van der Waals surface area contributed by atoms with Crippen LogP contribution in [0.4, 0.5) is 5.69 Å². The van der Waals surface area contributed by atoms with Crippen LogP contribution in [0, 0.1) is 5.92 Å². The molecule has 2 N–H and O–H groups in total. The minimum Gasteiger partial charge on any atom is -0.466 e. The number of hydrogen-bond donors (Lipinski definition) is 2. The molecule has 1 aliphatic carbocycles. The predicted molar refractivity (Wildman–Crippen MR) is 98.7 cm³/mol. The zero-order valence-electron chi connectivity index (χ0n) is 15.4. The summed E-state index contributed by atoms with van der Waals surface area (Å²) in [7, 11) is 1.46. The van der Waals surface area contributed by atoms with Gasteiger partial charge in [0.05, 0.1) is 23.7 Å². The molecule has 2 saturated heterocycles. The van der Waals surface area contributed by atoms with E-state index in [1.165, 1.54) is 12.7 Å². The summed E-state index contributed by atoms with van der Waals surface area (Å²) in [5, 5.41) is 14.6. The fourth-order valence-corrected chi connectivity index (χ4v) is 6.23. The van der Waals surface area contributed by atoms with Crippen LogP contribution in [0.15, 0.2) is 35.5 Å². The van der Waals surface area contributed by atoms with Gasteiger partial charge in [-0.15, -0.1) is 0 Å². The summed E-state index contributed by atoms with van der Waals surface area (Å²) in [4.78, 5) is 15.1. The van der Waals surface area contributed by atoms with E-state index < -0.39 is 5.60 Å². The number of esters is 1. The molecular formula is C21H26N2O3. The van der Waals surface area contributed by atoms with Gasteiger partial charge in [0, 0.05) is 24.0 Å². The van der Waals surface area contributed by atoms with Crippen LogP contribution >= 0.6 is 0 Å². The third-order valence-electron chi connectivity index (χ3n) is 7.25. The van der Waals surface area contributed by atoms with Crippen LogP contribution in [0.5, 0.6) is 0 Å². The van der Waals surface area contributed by atoms with E-state index in [-0.39, 0.29) is 17.3 Å². The highest BCUT2D eigenvalue weighted by Gasteiger charge is 2.63. The third-order valence-corrected chi connectivity index (χ3v) is 7.25. The zero-order valence-corrected chi connectivity index (χ0v) is 15.4. The normalized spacial score (nSPS) is 37.7. The number of carbonyl (C=O) groups excluding carboxylic acids is 1. The van der Waals surface area contributed by atoms with Crippen molar-refractivity contribution in [1.29, 1.82) is 0 Å². The van der Waals surface area contributed by atoms with Gasteiger partial charge in [0.1, 0.15) is 0 Å². The number of rotatable bonds is 2. The van der Waals surface area contributed by atoms with Gasteiger partial charge in [0.15, 0.2) is 0 Å². The Kier molecular flexibility index (Phi) is 3.35. The maximum atomic E-state index is 12.6. The maximum absolute atomic E-state index is 12.6. The predicted octanol–water partition coefficient (Wildman–Crippen LogP) is 2.42. The molecule has 138 valence electrons. The summed E-state index contributed by atoms with van der Waals surface area (Å²) in [6.07, 6.45) is 3.16. The number of nitrogens with zero attached hydrogens (tertiary/aromatic N) is 1. The molecule has 1 aromatic carbocycles. The monoisotopic (exact) mass is 354 g/mol. The van der Waals surface area contributed by atoms with E-state index >= 15 is 0 Å². The summed E-state index contributed by atoms with van der Waals surface area (Å²) in [5.74, 6) is 0.0317. The van der Waals surface area contributed by atoms with Crippen molar-refractivity contribution >= 4 is 11.7 Å². The van der Waals surface area contributed by atoms with Gasteiger partial charge in [0.2, 0.25) is 0 Å². The maximum Gasteiger partial charge on any atom is 0.335 e. The number of aliphatic hydroxyl groups is 1. The first-order valence-electron chi connectivity index (χ1n) is 9.67.